The molecule has 0 unspecified atom stereocenters. The van der Waals surface area contributed by atoms with E-state index in [4.69, 9.17) is 21.7 Å². The Kier molecular flexibility index (Phi) is 6.84. The number of hydrogen-bond acceptors (Lipinski definition) is 7. The van der Waals surface area contributed by atoms with Crippen molar-refractivity contribution in [3.05, 3.63) is 52.2 Å². The van der Waals surface area contributed by atoms with Crippen LogP contribution in [0.3, 0.4) is 0 Å². The smallest absolute Gasteiger partial charge is 0.343 e. The third kappa shape index (κ3) is 4.52. The van der Waals surface area contributed by atoms with Gasteiger partial charge in [-0.2, -0.15) is 5.01 Å². The van der Waals surface area contributed by atoms with Gasteiger partial charge in [0.05, 0.1) is 18.6 Å². The molecule has 0 aliphatic carbocycles. The molecule has 1 aromatic heterocycles. The van der Waals surface area contributed by atoms with Crippen LogP contribution in [0.5, 0.6) is 11.5 Å². The van der Waals surface area contributed by atoms with Gasteiger partial charge in [0.25, 0.3) is 5.91 Å². The highest BCUT2D eigenvalue weighted by Gasteiger charge is 2.34. The predicted octanol–water partition coefficient (Wildman–Crippen LogP) is 3.59. The number of methoxy groups -OCH3 is 1. The summed E-state index contributed by atoms with van der Waals surface area (Å²) in [7, 11) is 1.30. The molecule has 0 spiro atoms. The largest absolute Gasteiger partial charge is 0.490 e. The molecule has 7 nitrogen and oxygen atoms in total. The molecule has 2 heterocycles. The molecule has 1 saturated heterocycles. The van der Waals surface area contributed by atoms with E-state index in [2.05, 4.69) is 4.74 Å². The summed E-state index contributed by atoms with van der Waals surface area (Å²) < 4.78 is 18.0. The number of aromatic nitrogens is 1. The number of ether oxygens (including phenoxy) is 3. The van der Waals surface area contributed by atoms with Crippen LogP contribution in [0.4, 0.5) is 0 Å². The van der Waals surface area contributed by atoms with Crippen molar-refractivity contribution in [2.75, 3.05) is 25.3 Å². The zero-order valence-corrected chi connectivity index (χ0v) is 18.8. The van der Waals surface area contributed by atoms with Crippen molar-refractivity contribution in [1.82, 2.24) is 4.68 Å². The number of aryl methyl sites for hydroxylation is 2. The normalized spacial score (nSPS) is 15.1. The maximum Gasteiger partial charge on any atom is 0.343 e. The molecule has 1 aliphatic heterocycles. The van der Waals surface area contributed by atoms with Crippen LogP contribution in [0, 0.1) is 13.8 Å². The molecule has 0 saturated carbocycles. The van der Waals surface area contributed by atoms with Gasteiger partial charge in [-0.1, -0.05) is 17.8 Å². The highest BCUT2D eigenvalue weighted by molar-refractivity contribution is 8.27. The minimum absolute atomic E-state index is 0.184. The molecule has 1 aromatic carbocycles. The van der Waals surface area contributed by atoms with Gasteiger partial charge in [-0.25, -0.2) is 4.79 Å². The number of hydrogen-bond donors (Lipinski definition) is 0. The fraction of sp³-hybridized carbons (Fsp3) is 0.286. The minimum atomic E-state index is -0.485. The number of esters is 1. The molecule has 1 aliphatic rings. The van der Waals surface area contributed by atoms with Crippen LogP contribution >= 0.6 is 24.0 Å². The van der Waals surface area contributed by atoms with Crippen molar-refractivity contribution < 1.29 is 23.8 Å². The van der Waals surface area contributed by atoms with Crippen LogP contribution in [0.1, 0.15) is 23.9 Å². The topological polar surface area (TPSA) is 70.0 Å². The summed E-state index contributed by atoms with van der Waals surface area (Å²) in [5, 5.41) is 1.51. The van der Waals surface area contributed by atoms with E-state index in [0.717, 1.165) is 17.0 Å². The van der Waals surface area contributed by atoms with Crippen LogP contribution in [0.2, 0.25) is 0 Å². The standard InChI is InChI=1S/C21H22N2O5S2/c1-5-27-17-10-15(8-9-16(17)28-12-19(24)26-4)11-18-20(25)23(21(29)30-18)22-13(2)6-7-14(22)3/h6-11H,5,12H2,1-4H3/b18-11+. The van der Waals surface area contributed by atoms with Gasteiger partial charge in [0.2, 0.25) is 0 Å². The van der Waals surface area contributed by atoms with Crippen molar-refractivity contribution in [1.29, 1.82) is 0 Å². The van der Waals surface area contributed by atoms with Gasteiger partial charge in [0.1, 0.15) is 0 Å². The molecule has 9 heteroatoms. The fourth-order valence-electron chi connectivity index (χ4n) is 2.96. The Labute approximate surface area is 184 Å². The number of nitrogens with zero attached hydrogens (tertiary/aromatic N) is 2. The van der Waals surface area contributed by atoms with E-state index >= 15 is 0 Å². The first-order chi connectivity index (χ1) is 14.3. The Morgan fingerprint density at radius 2 is 1.83 bits per heavy atom. The first kappa shape index (κ1) is 21.9. The average molecular weight is 447 g/mol. The van der Waals surface area contributed by atoms with Gasteiger partial charge in [0.15, 0.2) is 22.4 Å². The SMILES string of the molecule is CCOc1cc(/C=C2/SC(=S)N(n3c(C)ccc3C)C2=O)ccc1OCC(=O)OC. The molecule has 30 heavy (non-hydrogen) atoms. The molecule has 3 rings (SSSR count). The zero-order chi connectivity index (χ0) is 21.8. The van der Waals surface area contributed by atoms with Crippen molar-refractivity contribution in [3.8, 4) is 11.5 Å². The summed E-state index contributed by atoms with van der Waals surface area (Å²) in [6.45, 7) is 5.91. The Morgan fingerprint density at radius 1 is 1.13 bits per heavy atom. The van der Waals surface area contributed by atoms with E-state index in [0.29, 0.717) is 27.3 Å². The minimum Gasteiger partial charge on any atom is -0.490 e. The van der Waals surface area contributed by atoms with Crippen molar-refractivity contribution >= 4 is 46.3 Å². The predicted molar refractivity (Wildman–Crippen MR) is 120 cm³/mol. The van der Waals surface area contributed by atoms with Crippen LogP contribution in [0.25, 0.3) is 6.08 Å². The van der Waals surface area contributed by atoms with Gasteiger partial charge in [-0.15, -0.1) is 0 Å². The Bertz CT molecular complexity index is 1010. The van der Waals surface area contributed by atoms with Gasteiger partial charge in [-0.05, 0) is 68.9 Å². The Hall–Kier alpha value is -2.78. The monoisotopic (exact) mass is 446 g/mol. The van der Waals surface area contributed by atoms with Crippen LogP contribution in [-0.4, -0.2) is 41.2 Å². The molecular weight excluding hydrogens is 424 g/mol. The fourth-order valence-corrected chi connectivity index (χ4v) is 4.20. The van der Waals surface area contributed by atoms with Gasteiger partial charge in [0, 0.05) is 11.4 Å². The lowest BCUT2D eigenvalue weighted by atomic mass is 10.2. The second-order valence-electron chi connectivity index (χ2n) is 6.43. The molecule has 0 bridgehead atoms. The number of carbonyl (C=O) groups is 2. The summed E-state index contributed by atoms with van der Waals surface area (Å²) >= 11 is 6.70. The first-order valence-electron chi connectivity index (χ1n) is 9.25. The number of benzene rings is 1. The van der Waals surface area contributed by atoms with E-state index < -0.39 is 5.97 Å². The third-order valence-electron chi connectivity index (χ3n) is 4.35. The molecule has 1 fully saturated rings. The van der Waals surface area contributed by atoms with E-state index in [1.807, 2.05) is 37.6 Å². The summed E-state index contributed by atoms with van der Waals surface area (Å²) in [5.74, 6) is 0.227. The molecule has 1 amide bonds. The first-order valence-corrected chi connectivity index (χ1v) is 10.5. The summed E-state index contributed by atoms with van der Waals surface area (Å²) in [4.78, 5) is 24.9. The second kappa shape index (κ2) is 9.36. The van der Waals surface area contributed by atoms with E-state index in [1.54, 1.807) is 24.3 Å². The summed E-state index contributed by atoms with van der Waals surface area (Å²) in [5.41, 5.74) is 2.61. The lowest BCUT2D eigenvalue weighted by molar-refractivity contribution is -0.142. The van der Waals surface area contributed by atoms with E-state index in [-0.39, 0.29) is 12.5 Å². The highest BCUT2D eigenvalue weighted by atomic mass is 32.2. The number of thioether (sulfide) groups is 1. The summed E-state index contributed by atoms with van der Waals surface area (Å²) in [6.07, 6.45) is 1.76. The van der Waals surface area contributed by atoms with Gasteiger partial charge >= 0.3 is 5.97 Å². The molecule has 0 radical (unpaired) electrons. The Morgan fingerprint density at radius 3 is 2.47 bits per heavy atom. The molecule has 158 valence electrons. The summed E-state index contributed by atoms with van der Waals surface area (Å²) in [6, 6.07) is 9.13. The van der Waals surface area contributed by atoms with Crippen LogP contribution < -0.4 is 14.5 Å². The van der Waals surface area contributed by atoms with Crippen molar-refractivity contribution in [2.45, 2.75) is 20.8 Å². The quantitative estimate of drug-likeness (QED) is 0.366. The molecule has 0 atom stereocenters. The van der Waals surface area contributed by atoms with Gasteiger partial charge in [-0.3, -0.25) is 9.47 Å². The van der Waals surface area contributed by atoms with E-state index in [9.17, 15) is 9.59 Å². The maximum atomic E-state index is 13.0. The number of thiocarbonyl (C=S) groups is 1. The lowest BCUT2D eigenvalue weighted by Gasteiger charge is -2.20. The highest BCUT2D eigenvalue weighted by Crippen LogP contribution is 2.35. The van der Waals surface area contributed by atoms with E-state index in [1.165, 1.54) is 23.9 Å². The third-order valence-corrected chi connectivity index (χ3v) is 5.63. The Balaban J connectivity index is 1.87. The van der Waals surface area contributed by atoms with Crippen molar-refractivity contribution in [2.24, 2.45) is 0 Å². The second-order valence-corrected chi connectivity index (χ2v) is 8.10. The van der Waals surface area contributed by atoms with Crippen LogP contribution in [0.15, 0.2) is 35.2 Å². The number of carbonyl (C=O) groups excluding carboxylic acids is 2. The zero-order valence-electron chi connectivity index (χ0n) is 17.1. The van der Waals surface area contributed by atoms with Gasteiger partial charge < -0.3 is 14.2 Å². The van der Waals surface area contributed by atoms with Crippen molar-refractivity contribution in [3.63, 3.8) is 0 Å². The number of amides is 1. The van der Waals surface area contributed by atoms with Crippen LogP contribution in [-0.2, 0) is 14.3 Å². The maximum absolute atomic E-state index is 13.0. The lowest BCUT2D eigenvalue weighted by Crippen LogP contribution is -2.39. The average Bonchev–Trinajstić information content (AvgIpc) is 3.18. The molecule has 2 aromatic rings. The number of rotatable bonds is 7. The molecular formula is C21H22N2O5S2. The molecule has 0 N–H and O–H groups in total.